The molecule has 1 aromatic heterocycles. The third-order valence-corrected chi connectivity index (χ3v) is 3.30. The maximum atomic E-state index is 11.2. The summed E-state index contributed by atoms with van der Waals surface area (Å²) < 4.78 is 27.2. The molecule has 0 fully saturated rings. The number of benzene rings is 2. The van der Waals surface area contributed by atoms with Gasteiger partial charge < -0.3 is 4.18 Å². The molecule has 3 aromatic rings. The van der Waals surface area contributed by atoms with Crippen LogP contribution < -0.4 is 4.18 Å². The average Bonchev–Trinajstić information content (AvgIpc) is 2.37. The topological polar surface area (TPSA) is 56.3 Å². The Morgan fingerprint density at radius 1 is 1.05 bits per heavy atom. The Labute approximate surface area is 110 Å². The molecule has 0 saturated carbocycles. The lowest BCUT2D eigenvalue weighted by molar-refractivity contribution is 0.493. The van der Waals surface area contributed by atoms with Gasteiger partial charge in [0.1, 0.15) is 5.75 Å². The lowest BCUT2D eigenvalue weighted by atomic mass is 10.1. The van der Waals surface area contributed by atoms with Gasteiger partial charge in [0.25, 0.3) is 0 Å². The quantitative estimate of drug-likeness (QED) is 0.532. The van der Waals surface area contributed by atoms with Crippen molar-refractivity contribution in [2.75, 3.05) is 6.26 Å². The highest BCUT2D eigenvalue weighted by atomic mass is 32.2. The van der Waals surface area contributed by atoms with Crippen molar-refractivity contribution in [1.29, 1.82) is 0 Å². The van der Waals surface area contributed by atoms with Gasteiger partial charge in [-0.2, -0.15) is 8.42 Å². The zero-order valence-corrected chi connectivity index (χ0v) is 11.0. The molecule has 0 aliphatic carbocycles. The van der Waals surface area contributed by atoms with E-state index in [9.17, 15) is 8.42 Å². The van der Waals surface area contributed by atoms with Gasteiger partial charge in [0, 0.05) is 17.0 Å². The molecule has 0 spiro atoms. The van der Waals surface area contributed by atoms with E-state index >= 15 is 0 Å². The van der Waals surface area contributed by atoms with Crippen molar-refractivity contribution in [3.63, 3.8) is 0 Å². The second-order valence-electron chi connectivity index (χ2n) is 4.31. The van der Waals surface area contributed by atoms with Gasteiger partial charge in [-0.05, 0) is 23.6 Å². The number of aromatic nitrogens is 1. The zero-order valence-electron chi connectivity index (χ0n) is 10.2. The summed E-state index contributed by atoms with van der Waals surface area (Å²) in [5, 5.41) is 2.90. The van der Waals surface area contributed by atoms with Gasteiger partial charge in [0.2, 0.25) is 0 Å². The van der Waals surface area contributed by atoms with Crippen LogP contribution in [0.1, 0.15) is 0 Å². The van der Waals surface area contributed by atoms with E-state index in [0.29, 0.717) is 5.75 Å². The van der Waals surface area contributed by atoms with Gasteiger partial charge in [0.05, 0.1) is 11.8 Å². The highest BCUT2D eigenvalue weighted by Gasteiger charge is 2.07. The number of hydrogen-bond donors (Lipinski definition) is 0. The molecule has 0 aliphatic rings. The summed E-state index contributed by atoms with van der Waals surface area (Å²) in [6.07, 6.45) is 2.83. The Hall–Kier alpha value is -2.14. The average molecular weight is 273 g/mol. The van der Waals surface area contributed by atoms with Crippen LogP contribution in [0.15, 0.2) is 48.7 Å². The highest BCUT2D eigenvalue weighted by Crippen LogP contribution is 2.27. The van der Waals surface area contributed by atoms with Crippen molar-refractivity contribution >= 4 is 31.8 Å². The smallest absolute Gasteiger partial charge is 0.306 e. The number of rotatable bonds is 2. The molecular formula is C14H11NO3S. The molecule has 5 heteroatoms. The first-order valence-electron chi connectivity index (χ1n) is 5.70. The van der Waals surface area contributed by atoms with Crippen LogP contribution in [0.4, 0.5) is 0 Å². The van der Waals surface area contributed by atoms with Crippen molar-refractivity contribution in [3.8, 4) is 5.75 Å². The van der Waals surface area contributed by atoms with Gasteiger partial charge >= 0.3 is 10.1 Å². The molecule has 1 heterocycles. The van der Waals surface area contributed by atoms with E-state index in [1.165, 1.54) is 0 Å². The third kappa shape index (κ3) is 2.37. The van der Waals surface area contributed by atoms with Crippen molar-refractivity contribution in [2.24, 2.45) is 0 Å². The summed E-state index contributed by atoms with van der Waals surface area (Å²) in [6.45, 7) is 0. The SMILES string of the molecule is CS(=O)(=O)Oc1ccc2ncc3ccccc3c2c1. The minimum absolute atomic E-state index is 0.299. The molecule has 0 atom stereocenters. The molecule has 0 amide bonds. The lowest BCUT2D eigenvalue weighted by Crippen LogP contribution is -2.05. The summed E-state index contributed by atoms with van der Waals surface area (Å²) >= 11 is 0. The Morgan fingerprint density at radius 2 is 1.84 bits per heavy atom. The van der Waals surface area contributed by atoms with E-state index in [1.807, 2.05) is 24.3 Å². The molecule has 96 valence electrons. The van der Waals surface area contributed by atoms with E-state index in [2.05, 4.69) is 4.98 Å². The molecular weight excluding hydrogens is 262 g/mol. The van der Waals surface area contributed by atoms with Crippen LogP contribution in [0, 0.1) is 0 Å². The van der Waals surface area contributed by atoms with E-state index in [0.717, 1.165) is 27.9 Å². The monoisotopic (exact) mass is 273 g/mol. The second kappa shape index (κ2) is 4.20. The number of pyridine rings is 1. The summed E-state index contributed by atoms with van der Waals surface area (Å²) in [6, 6.07) is 12.9. The zero-order chi connectivity index (χ0) is 13.5. The van der Waals surface area contributed by atoms with Crippen molar-refractivity contribution in [2.45, 2.75) is 0 Å². The minimum atomic E-state index is -3.52. The Kier molecular flexibility index (Phi) is 2.64. The van der Waals surface area contributed by atoms with Crippen molar-refractivity contribution in [1.82, 2.24) is 4.98 Å². The standard InChI is InChI=1S/C14H11NO3S/c1-19(16,17)18-11-6-7-14-13(8-11)12-5-3-2-4-10(12)9-15-14/h2-9H,1H3. The van der Waals surface area contributed by atoms with E-state index < -0.39 is 10.1 Å². The summed E-state index contributed by atoms with van der Waals surface area (Å²) in [4.78, 5) is 4.34. The molecule has 3 rings (SSSR count). The largest absolute Gasteiger partial charge is 0.383 e. The van der Waals surface area contributed by atoms with Gasteiger partial charge in [0.15, 0.2) is 0 Å². The van der Waals surface area contributed by atoms with Crippen LogP contribution in [0.2, 0.25) is 0 Å². The van der Waals surface area contributed by atoms with Crippen molar-refractivity contribution in [3.05, 3.63) is 48.7 Å². The highest BCUT2D eigenvalue weighted by molar-refractivity contribution is 7.86. The summed E-state index contributed by atoms with van der Waals surface area (Å²) in [7, 11) is -3.52. The number of nitrogens with zero attached hydrogens (tertiary/aromatic N) is 1. The second-order valence-corrected chi connectivity index (χ2v) is 5.89. The van der Waals surface area contributed by atoms with E-state index in [-0.39, 0.29) is 0 Å². The first-order valence-corrected chi connectivity index (χ1v) is 7.51. The Balaban J connectivity index is 2.28. The van der Waals surface area contributed by atoms with Crippen LogP contribution in [0.3, 0.4) is 0 Å². The molecule has 0 saturated heterocycles. The molecule has 0 unspecified atom stereocenters. The lowest BCUT2D eigenvalue weighted by Gasteiger charge is -2.06. The predicted octanol–water partition coefficient (Wildman–Crippen LogP) is 2.73. The van der Waals surface area contributed by atoms with Crippen molar-refractivity contribution < 1.29 is 12.6 Å². The number of hydrogen-bond acceptors (Lipinski definition) is 4. The van der Waals surface area contributed by atoms with Crippen LogP contribution in [0.25, 0.3) is 21.7 Å². The first-order chi connectivity index (χ1) is 9.03. The van der Waals surface area contributed by atoms with Gasteiger partial charge in [-0.25, -0.2) is 0 Å². The first kappa shape index (κ1) is 11.9. The maximum Gasteiger partial charge on any atom is 0.306 e. The molecule has 2 aromatic carbocycles. The fourth-order valence-electron chi connectivity index (χ4n) is 2.06. The van der Waals surface area contributed by atoms with Crippen LogP contribution in [-0.4, -0.2) is 19.7 Å². The van der Waals surface area contributed by atoms with E-state index in [1.54, 1.807) is 24.4 Å². The predicted molar refractivity (Wildman–Crippen MR) is 74.7 cm³/mol. The van der Waals surface area contributed by atoms with E-state index in [4.69, 9.17) is 4.18 Å². The Morgan fingerprint density at radius 3 is 2.63 bits per heavy atom. The van der Waals surface area contributed by atoms with Crippen LogP contribution in [-0.2, 0) is 10.1 Å². The van der Waals surface area contributed by atoms with Crippen LogP contribution >= 0.6 is 0 Å². The fourth-order valence-corrected chi connectivity index (χ4v) is 2.52. The van der Waals surface area contributed by atoms with Gasteiger partial charge in [-0.1, -0.05) is 24.3 Å². The maximum absolute atomic E-state index is 11.2. The van der Waals surface area contributed by atoms with Gasteiger partial charge in [-0.15, -0.1) is 0 Å². The summed E-state index contributed by atoms with van der Waals surface area (Å²) in [5.74, 6) is 0.299. The fraction of sp³-hybridized carbons (Fsp3) is 0.0714. The molecule has 19 heavy (non-hydrogen) atoms. The molecule has 0 radical (unpaired) electrons. The molecule has 0 N–H and O–H groups in total. The third-order valence-electron chi connectivity index (χ3n) is 2.81. The molecule has 4 nitrogen and oxygen atoms in total. The number of fused-ring (bicyclic) bond motifs is 3. The van der Waals surface area contributed by atoms with Crippen LogP contribution in [0.5, 0.6) is 5.75 Å². The molecule has 0 aliphatic heterocycles. The summed E-state index contributed by atoms with van der Waals surface area (Å²) in [5.41, 5.74) is 0.805. The van der Waals surface area contributed by atoms with Gasteiger partial charge in [-0.3, -0.25) is 4.98 Å². The minimum Gasteiger partial charge on any atom is -0.383 e. The normalized spacial score (nSPS) is 11.8. The molecule has 0 bridgehead atoms. The Bertz CT molecular complexity index is 872.